The van der Waals surface area contributed by atoms with Gasteiger partial charge in [-0.15, -0.1) is 11.3 Å². The average molecular weight is 338 g/mol. The third-order valence-corrected chi connectivity index (χ3v) is 4.51. The molecule has 1 aliphatic rings. The average Bonchev–Trinajstić information content (AvgIpc) is 3.03. The summed E-state index contributed by atoms with van der Waals surface area (Å²) in [5.41, 5.74) is 0. The fourth-order valence-corrected chi connectivity index (χ4v) is 3.16. The van der Waals surface area contributed by atoms with Crippen LogP contribution in [0.2, 0.25) is 5.02 Å². The number of piperidine rings is 1. The largest absolute Gasteiger partial charge is 0.487 e. The van der Waals surface area contributed by atoms with E-state index in [4.69, 9.17) is 16.3 Å². The molecule has 1 N–H and O–H groups in total. The van der Waals surface area contributed by atoms with Crippen LogP contribution < -0.4 is 10.1 Å². The molecule has 2 amide bonds. The van der Waals surface area contributed by atoms with Crippen molar-refractivity contribution in [3.8, 4) is 5.75 Å². The van der Waals surface area contributed by atoms with Gasteiger partial charge in [-0.1, -0.05) is 11.6 Å². The van der Waals surface area contributed by atoms with Gasteiger partial charge in [-0.3, -0.25) is 10.3 Å². The molecule has 3 rings (SSSR count). The summed E-state index contributed by atoms with van der Waals surface area (Å²) in [7, 11) is 0. The van der Waals surface area contributed by atoms with Crippen LogP contribution in [0.1, 0.15) is 12.8 Å². The van der Waals surface area contributed by atoms with Crippen LogP contribution in [0, 0.1) is 0 Å². The highest BCUT2D eigenvalue weighted by Gasteiger charge is 2.25. The predicted molar refractivity (Wildman–Crippen MR) is 87.8 cm³/mol. The number of thiophene rings is 1. The number of urea groups is 1. The molecule has 7 heteroatoms. The molecule has 0 radical (unpaired) electrons. The topological polar surface area (TPSA) is 54.5 Å². The predicted octanol–water partition coefficient (Wildman–Crippen LogP) is 3.87. The number of carbonyl (C=O) groups is 1. The molecule has 3 heterocycles. The van der Waals surface area contributed by atoms with E-state index >= 15 is 0 Å². The number of ether oxygens (including phenoxy) is 1. The lowest BCUT2D eigenvalue weighted by molar-refractivity contribution is 0.106. The number of rotatable bonds is 3. The van der Waals surface area contributed by atoms with Crippen molar-refractivity contribution in [1.82, 2.24) is 9.88 Å². The van der Waals surface area contributed by atoms with Crippen molar-refractivity contribution in [2.45, 2.75) is 18.9 Å². The lowest BCUT2D eigenvalue weighted by Gasteiger charge is -2.32. The van der Waals surface area contributed by atoms with Crippen LogP contribution in [0.4, 0.5) is 9.80 Å². The molecular weight excluding hydrogens is 322 g/mol. The second-order valence-corrected chi connectivity index (χ2v) is 6.40. The Kier molecular flexibility index (Phi) is 4.80. The normalized spacial score (nSPS) is 18.0. The van der Waals surface area contributed by atoms with Gasteiger partial charge in [0.2, 0.25) is 0 Å². The molecule has 0 spiro atoms. The van der Waals surface area contributed by atoms with E-state index in [2.05, 4.69) is 10.3 Å². The molecule has 1 aliphatic heterocycles. The summed E-state index contributed by atoms with van der Waals surface area (Å²) in [6.45, 7) is 1.29. The zero-order chi connectivity index (χ0) is 15.4. The van der Waals surface area contributed by atoms with E-state index in [-0.39, 0.29) is 12.1 Å². The Bertz CT molecular complexity index is 635. The van der Waals surface area contributed by atoms with Crippen LogP contribution in [0.25, 0.3) is 0 Å². The number of pyridine rings is 1. The summed E-state index contributed by atoms with van der Waals surface area (Å²) in [5, 5.41) is 6.18. The van der Waals surface area contributed by atoms with Crippen molar-refractivity contribution in [2.75, 3.05) is 18.4 Å². The maximum Gasteiger partial charge on any atom is 0.322 e. The van der Waals surface area contributed by atoms with Crippen LogP contribution >= 0.6 is 22.9 Å². The highest BCUT2D eigenvalue weighted by molar-refractivity contribution is 7.14. The van der Waals surface area contributed by atoms with Gasteiger partial charge in [-0.05, 0) is 30.4 Å². The minimum Gasteiger partial charge on any atom is -0.487 e. The number of amides is 2. The van der Waals surface area contributed by atoms with Crippen LogP contribution in [0.5, 0.6) is 5.75 Å². The maximum absolute atomic E-state index is 12.3. The second-order valence-electron chi connectivity index (χ2n) is 5.04. The van der Waals surface area contributed by atoms with Gasteiger partial charge >= 0.3 is 6.03 Å². The highest BCUT2D eigenvalue weighted by Crippen LogP contribution is 2.26. The molecule has 1 unspecified atom stereocenters. The molecule has 0 aromatic carbocycles. The summed E-state index contributed by atoms with van der Waals surface area (Å²) < 4.78 is 5.91. The first-order valence-electron chi connectivity index (χ1n) is 7.08. The number of hydrogen-bond donors (Lipinski definition) is 1. The fraction of sp³-hybridized carbons (Fsp3) is 0.333. The number of nitrogens with one attached hydrogen (secondary N) is 1. The number of hydrogen-bond acceptors (Lipinski definition) is 4. The maximum atomic E-state index is 12.3. The van der Waals surface area contributed by atoms with Gasteiger partial charge in [0.05, 0.1) is 11.5 Å². The summed E-state index contributed by atoms with van der Waals surface area (Å²) in [5.74, 6) is 0.613. The zero-order valence-electron chi connectivity index (χ0n) is 11.9. The Hall–Kier alpha value is -1.79. The number of carbonyl (C=O) groups excluding carboxylic acids is 1. The zero-order valence-corrected chi connectivity index (χ0v) is 13.4. The van der Waals surface area contributed by atoms with Crippen LogP contribution in [-0.2, 0) is 0 Å². The minimum atomic E-state index is -0.0865. The van der Waals surface area contributed by atoms with E-state index in [1.165, 1.54) is 11.3 Å². The number of halogens is 1. The van der Waals surface area contributed by atoms with E-state index in [1.54, 1.807) is 23.4 Å². The first-order chi connectivity index (χ1) is 10.7. The molecule has 2 aromatic heterocycles. The van der Waals surface area contributed by atoms with Gasteiger partial charge in [-0.2, -0.15) is 0 Å². The lowest BCUT2D eigenvalue weighted by Crippen LogP contribution is -2.46. The summed E-state index contributed by atoms with van der Waals surface area (Å²) in [6.07, 6.45) is 4.96. The molecule has 0 bridgehead atoms. The standard InChI is InChI=1S/C15H16ClN3O2S/c16-12-9-17-6-5-13(12)21-11-3-1-7-19(10-11)15(20)18-14-4-2-8-22-14/h2,4-6,8-9,11H,1,3,7,10H2,(H,18,20). The third kappa shape index (κ3) is 3.69. The fourth-order valence-electron chi connectivity index (χ4n) is 2.39. The molecule has 0 aliphatic carbocycles. The Morgan fingerprint density at radius 3 is 3.18 bits per heavy atom. The van der Waals surface area contributed by atoms with Crippen molar-refractivity contribution < 1.29 is 9.53 Å². The van der Waals surface area contributed by atoms with Gasteiger partial charge in [0.1, 0.15) is 16.9 Å². The van der Waals surface area contributed by atoms with Crippen molar-refractivity contribution >= 4 is 34.0 Å². The molecule has 1 atom stereocenters. The number of anilines is 1. The van der Waals surface area contributed by atoms with Crippen molar-refractivity contribution in [3.05, 3.63) is 41.0 Å². The molecule has 116 valence electrons. The molecule has 1 saturated heterocycles. The van der Waals surface area contributed by atoms with E-state index in [0.717, 1.165) is 24.4 Å². The van der Waals surface area contributed by atoms with Gasteiger partial charge in [0.25, 0.3) is 0 Å². The number of aromatic nitrogens is 1. The van der Waals surface area contributed by atoms with Gasteiger partial charge in [0.15, 0.2) is 0 Å². The van der Waals surface area contributed by atoms with E-state index in [0.29, 0.717) is 17.3 Å². The van der Waals surface area contributed by atoms with Crippen molar-refractivity contribution in [3.63, 3.8) is 0 Å². The third-order valence-electron chi connectivity index (χ3n) is 3.45. The smallest absolute Gasteiger partial charge is 0.322 e. The molecule has 1 fully saturated rings. The lowest BCUT2D eigenvalue weighted by atomic mass is 10.1. The Morgan fingerprint density at radius 1 is 1.50 bits per heavy atom. The van der Waals surface area contributed by atoms with Crippen LogP contribution in [0.15, 0.2) is 36.0 Å². The van der Waals surface area contributed by atoms with E-state index in [9.17, 15) is 4.79 Å². The SMILES string of the molecule is O=C(Nc1cccs1)N1CCCC(Oc2ccncc2Cl)C1. The van der Waals surface area contributed by atoms with E-state index < -0.39 is 0 Å². The molecule has 2 aromatic rings. The Morgan fingerprint density at radius 2 is 2.41 bits per heavy atom. The van der Waals surface area contributed by atoms with Crippen molar-refractivity contribution in [2.24, 2.45) is 0 Å². The van der Waals surface area contributed by atoms with Gasteiger partial charge in [-0.25, -0.2) is 4.79 Å². The molecule has 5 nitrogen and oxygen atoms in total. The monoisotopic (exact) mass is 337 g/mol. The van der Waals surface area contributed by atoms with Gasteiger partial charge in [0, 0.05) is 25.0 Å². The number of likely N-dealkylation sites (tertiary alicyclic amines) is 1. The Labute approximate surface area is 137 Å². The first kappa shape index (κ1) is 15.1. The summed E-state index contributed by atoms with van der Waals surface area (Å²) in [6, 6.07) is 5.45. The first-order valence-corrected chi connectivity index (χ1v) is 8.34. The van der Waals surface area contributed by atoms with Crippen LogP contribution in [-0.4, -0.2) is 35.1 Å². The highest BCUT2D eigenvalue weighted by atomic mass is 35.5. The van der Waals surface area contributed by atoms with Crippen LogP contribution in [0.3, 0.4) is 0 Å². The second kappa shape index (κ2) is 6.98. The van der Waals surface area contributed by atoms with E-state index in [1.807, 2.05) is 17.5 Å². The van der Waals surface area contributed by atoms with Gasteiger partial charge < -0.3 is 9.64 Å². The molecular formula is C15H16ClN3O2S. The quantitative estimate of drug-likeness (QED) is 0.925. The molecule has 0 saturated carbocycles. The Balaban J connectivity index is 1.59. The minimum absolute atomic E-state index is 0.0530. The summed E-state index contributed by atoms with van der Waals surface area (Å²) in [4.78, 5) is 18.0. The summed E-state index contributed by atoms with van der Waals surface area (Å²) >= 11 is 7.56. The van der Waals surface area contributed by atoms with Crippen molar-refractivity contribution in [1.29, 1.82) is 0 Å². The number of nitrogens with zero attached hydrogens (tertiary/aromatic N) is 2. The molecule has 22 heavy (non-hydrogen) atoms.